The smallest absolute Gasteiger partial charge is 0.150 e. The lowest BCUT2D eigenvalue weighted by molar-refractivity contribution is -0.119. The van der Waals surface area contributed by atoms with Gasteiger partial charge in [0.2, 0.25) is 0 Å². The van der Waals surface area contributed by atoms with E-state index in [-0.39, 0.29) is 5.78 Å². The fourth-order valence-electron chi connectivity index (χ4n) is 0.249. The third-order valence-corrected chi connectivity index (χ3v) is 1.93. The van der Waals surface area contributed by atoms with Gasteiger partial charge in [-0.1, -0.05) is 6.92 Å². The van der Waals surface area contributed by atoms with E-state index < -0.39 is 4.87 Å². The molecule has 0 saturated heterocycles. The summed E-state index contributed by atoms with van der Waals surface area (Å²) in [6.07, 6.45) is 0.698. The maximum Gasteiger partial charge on any atom is 0.150 e. The standard InChI is InChI=1S/C6H11ClO/c1-4-6(3,7)5(2)8/h4H2,1-3H3. The van der Waals surface area contributed by atoms with E-state index in [4.69, 9.17) is 11.6 Å². The molecule has 1 unspecified atom stereocenters. The molecule has 0 aliphatic rings. The van der Waals surface area contributed by atoms with Gasteiger partial charge in [-0.15, -0.1) is 11.6 Å². The fraction of sp³-hybridized carbons (Fsp3) is 0.833. The average Bonchev–Trinajstić information content (AvgIpc) is 1.67. The number of carbonyl (C=O) groups is 1. The highest BCUT2D eigenvalue weighted by atomic mass is 35.5. The molecule has 1 nitrogen and oxygen atoms in total. The van der Waals surface area contributed by atoms with Crippen molar-refractivity contribution in [3.8, 4) is 0 Å². The van der Waals surface area contributed by atoms with E-state index in [1.165, 1.54) is 6.92 Å². The third kappa shape index (κ3) is 1.83. The minimum atomic E-state index is -0.625. The van der Waals surface area contributed by atoms with Crippen LogP contribution in [0.25, 0.3) is 0 Å². The third-order valence-electron chi connectivity index (χ3n) is 1.40. The van der Waals surface area contributed by atoms with Crippen LogP contribution in [0.1, 0.15) is 27.2 Å². The summed E-state index contributed by atoms with van der Waals surface area (Å²) >= 11 is 5.71. The molecule has 0 aliphatic carbocycles. The van der Waals surface area contributed by atoms with E-state index in [0.717, 1.165) is 0 Å². The molecule has 0 aromatic carbocycles. The maximum atomic E-state index is 10.6. The first-order valence-electron chi connectivity index (χ1n) is 2.70. The second kappa shape index (κ2) is 2.49. The number of Topliss-reactive ketones (excluding diaryl/α,β-unsaturated/α-hetero) is 1. The maximum absolute atomic E-state index is 10.6. The van der Waals surface area contributed by atoms with Gasteiger partial charge in [0, 0.05) is 0 Å². The summed E-state index contributed by atoms with van der Waals surface area (Å²) in [4.78, 5) is 9.94. The van der Waals surface area contributed by atoms with Gasteiger partial charge in [-0.2, -0.15) is 0 Å². The van der Waals surface area contributed by atoms with Gasteiger partial charge in [0.25, 0.3) is 0 Å². The fourth-order valence-corrected chi connectivity index (χ4v) is 0.249. The van der Waals surface area contributed by atoms with Crippen molar-refractivity contribution >= 4 is 17.4 Å². The molecule has 1 atom stereocenters. The summed E-state index contributed by atoms with van der Waals surface area (Å²) in [6.45, 7) is 5.14. The van der Waals surface area contributed by atoms with Crippen LogP contribution in [0.2, 0.25) is 0 Å². The molecule has 0 spiro atoms. The Bertz CT molecular complexity index is 96.7. The minimum Gasteiger partial charge on any atom is -0.298 e. The summed E-state index contributed by atoms with van der Waals surface area (Å²) in [6, 6.07) is 0. The van der Waals surface area contributed by atoms with Crippen LogP contribution in [-0.2, 0) is 4.79 Å². The van der Waals surface area contributed by atoms with Gasteiger partial charge in [0.15, 0.2) is 0 Å². The lowest BCUT2D eigenvalue weighted by atomic mass is 10.0. The first kappa shape index (κ1) is 7.96. The normalized spacial score (nSPS) is 17.5. The number of halogens is 1. The summed E-state index contributed by atoms with van der Waals surface area (Å²) in [5, 5.41) is 0. The summed E-state index contributed by atoms with van der Waals surface area (Å²) < 4.78 is 0. The summed E-state index contributed by atoms with van der Waals surface area (Å²) in [5.74, 6) is 0.0432. The molecule has 0 heterocycles. The van der Waals surface area contributed by atoms with Crippen LogP contribution in [0.3, 0.4) is 0 Å². The first-order chi connectivity index (χ1) is 3.50. The molecule has 0 amide bonds. The molecule has 0 aromatic rings. The van der Waals surface area contributed by atoms with E-state index in [1.807, 2.05) is 6.92 Å². The Labute approximate surface area is 55.0 Å². The molecular formula is C6H11ClO. The zero-order valence-electron chi connectivity index (χ0n) is 5.49. The Morgan fingerprint density at radius 2 is 2.12 bits per heavy atom. The monoisotopic (exact) mass is 134 g/mol. The van der Waals surface area contributed by atoms with E-state index in [0.29, 0.717) is 6.42 Å². The highest BCUT2D eigenvalue weighted by molar-refractivity contribution is 6.34. The molecule has 0 fully saturated rings. The highest BCUT2D eigenvalue weighted by Gasteiger charge is 2.23. The van der Waals surface area contributed by atoms with Crippen LogP contribution in [-0.4, -0.2) is 10.7 Å². The molecule has 0 radical (unpaired) electrons. The van der Waals surface area contributed by atoms with Crippen LogP contribution in [0.15, 0.2) is 0 Å². The molecule has 8 heavy (non-hydrogen) atoms. The average molecular weight is 135 g/mol. The molecule has 0 aliphatic heterocycles. The van der Waals surface area contributed by atoms with Crippen molar-refractivity contribution < 1.29 is 4.79 Å². The van der Waals surface area contributed by atoms with Gasteiger partial charge in [0.05, 0.1) is 4.87 Å². The van der Waals surface area contributed by atoms with E-state index >= 15 is 0 Å². The summed E-state index contributed by atoms with van der Waals surface area (Å²) in [5.41, 5.74) is 0. The zero-order chi connectivity index (χ0) is 6.78. The molecule has 0 saturated carbocycles. The van der Waals surface area contributed by atoms with Gasteiger partial charge in [-0.25, -0.2) is 0 Å². The van der Waals surface area contributed by atoms with Crippen LogP contribution < -0.4 is 0 Å². The SMILES string of the molecule is CCC(C)(Cl)C(C)=O. The molecule has 0 rings (SSSR count). The van der Waals surface area contributed by atoms with Crippen molar-refractivity contribution in [2.45, 2.75) is 32.1 Å². The number of hydrogen-bond donors (Lipinski definition) is 0. The van der Waals surface area contributed by atoms with Crippen LogP contribution in [0.5, 0.6) is 0 Å². The van der Waals surface area contributed by atoms with Gasteiger partial charge in [-0.3, -0.25) is 4.79 Å². The zero-order valence-corrected chi connectivity index (χ0v) is 6.25. The number of rotatable bonds is 2. The van der Waals surface area contributed by atoms with Crippen LogP contribution >= 0.6 is 11.6 Å². The van der Waals surface area contributed by atoms with E-state index in [1.54, 1.807) is 6.92 Å². The Morgan fingerprint density at radius 3 is 2.12 bits per heavy atom. The molecular weight excluding hydrogens is 124 g/mol. The largest absolute Gasteiger partial charge is 0.298 e. The second-order valence-corrected chi connectivity index (χ2v) is 2.94. The Kier molecular flexibility index (Phi) is 2.48. The van der Waals surface area contributed by atoms with Crippen LogP contribution in [0.4, 0.5) is 0 Å². The van der Waals surface area contributed by atoms with Crippen molar-refractivity contribution in [1.29, 1.82) is 0 Å². The molecule has 2 heteroatoms. The van der Waals surface area contributed by atoms with Crippen molar-refractivity contribution in [2.75, 3.05) is 0 Å². The minimum absolute atomic E-state index is 0.0432. The second-order valence-electron chi connectivity index (χ2n) is 2.11. The molecule has 0 bridgehead atoms. The van der Waals surface area contributed by atoms with Crippen molar-refractivity contribution in [3.05, 3.63) is 0 Å². The lowest BCUT2D eigenvalue weighted by Crippen LogP contribution is -2.24. The van der Waals surface area contributed by atoms with Crippen LogP contribution in [0, 0.1) is 0 Å². The topological polar surface area (TPSA) is 17.1 Å². The Balaban J connectivity index is 3.91. The Morgan fingerprint density at radius 1 is 1.75 bits per heavy atom. The highest BCUT2D eigenvalue weighted by Crippen LogP contribution is 2.18. The first-order valence-corrected chi connectivity index (χ1v) is 3.08. The van der Waals surface area contributed by atoms with Gasteiger partial charge >= 0.3 is 0 Å². The van der Waals surface area contributed by atoms with Crippen molar-refractivity contribution in [3.63, 3.8) is 0 Å². The number of alkyl halides is 1. The molecule has 0 N–H and O–H groups in total. The quantitative estimate of drug-likeness (QED) is 0.528. The Hall–Kier alpha value is -0.0400. The molecule has 48 valence electrons. The summed E-state index contributed by atoms with van der Waals surface area (Å²) in [7, 11) is 0. The van der Waals surface area contributed by atoms with Crippen molar-refractivity contribution in [2.24, 2.45) is 0 Å². The van der Waals surface area contributed by atoms with Gasteiger partial charge in [0.1, 0.15) is 5.78 Å². The van der Waals surface area contributed by atoms with Gasteiger partial charge < -0.3 is 0 Å². The molecule has 0 aromatic heterocycles. The van der Waals surface area contributed by atoms with Crippen molar-refractivity contribution in [1.82, 2.24) is 0 Å². The van der Waals surface area contributed by atoms with E-state index in [9.17, 15) is 4.79 Å². The number of hydrogen-bond acceptors (Lipinski definition) is 1. The number of carbonyl (C=O) groups excluding carboxylic acids is 1. The van der Waals surface area contributed by atoms with E-state index in [2.05, 4.69) is 0 Å². The lowest BCUT2D eigenvalue weighted by Gasteiger charge is -2.13. The predicted molar refractivity (Wildman–Crippen MR) is 35.2 cm³/mol. The predicted octanol–water partition coefficient (Wildman–Crippen LogP) is 1.98. The number of ketones is 1. The van der Waals surface area contributed by atoms with Gasteiger partial charge in [-0.05, 0) is 20.3 Å².